The zero-order valence-electron chi connectivity index (χ0n) is 15.6. The number of amidine groups is 1. The number of nitrogens with one attached hydrogen (secondary N) is 2. The molecule has 0 bridgehead atoms. The number of benzene rings is 2. The second-order valence-electron chi connectivity index (χ2n) is 6.37. The van der Waals surface area contributed by atoms with E-state index in [1.165, 1.54) is 13.0 Å². The van der Waals surface area contributed by atoms with Crippen LogP contribution in [0.1, 0.15) is 18.1 Å². The number of aliphatic imine (C=N–C) groups is 1. The Bertz CT molecular complexity index is 1110. The van der Waals surface area contributed by atoms with Crippen LogP contribution >= 0.6 is 11.6 Å². The Hall–Kier alpha value is -2.91. The SMILES string of the molecule is Cc1ccc(Cl)cc1NC(=O)COC(=O)[C@@H](C)N=C1NS(=O)(=O)c2ccccc21. The van der Waals surface area contributed by atoms with Gasteiger partial charge in [0, 0.05) is 16.3 Å². The molecular weight excluding hydrogens is 418 g/mol. The number of rotatable bonds is 5. The molecule has 1 atom stereocenters. The largest absolute Gasteiger partial charge is 0.454 e. The molecule has 0 radical (unpaired) electrons. The summed E-state index contributed by atoms with van der Waals surface area (Å²) in [7, 11) is -3.70. The number of esters is 1. The molecule has 152 valence electrons. The molecule has 29 heavy (non-hydrogen) atoms. The third-order valence-corrected chi connectivity index (χ3v) is 5.78. The van der Waals surface area contributed by atoms with Crippen molar-refractivity contribution in [3.05, 3.63) is 58.6 Å². The maximum atomic E-state index is 12.2. The number of halogens is 1. The lowest BCUT2D eigenvalue weighted by Crippen LogP contribution is -2.29. The first-order valence-corrected chi connectivity index (χ1v) is 10.5. The van der Waals surface area contributed by atoms with E-state index >= 15 is 0 Å². The Morgan fingerprint density at radius 1 is 1.24 bits per heavy atom. The number of anilines is 1. The van der Waals surface area contributed by atoms with Crippen LogP contribution in [0.3, 0.4) is 0 Å². The molecule has 10 heteroatoms. The quantitative estimate of drug-likeness (QED) is 0.699. The standard InChI is InChI=1S/C19H18ClN3O5S/c1-11-7-8-13(20)9-15(11)22-17(24)10-28-19(25)12(2)21-18-14-5-3-4-6-16(14)29(26,27)23-18/h3-9,12H,10H2,1-2H3,(H,21,23)(H,22,24)/t12-/m1/s1. The highest BCUT2D eigenvalue weighted by Gasteiger charge is 2.31. The van der Waals surface area contributed by atoms with Crippen molar-refractivity contribution in [3.8, 4) is 0 Å². The van der Waals surface area contributed by atoms with Gasteiger partial charge in [0.15, 0.2) is 6.61 Å². The molecule has 1 amide bonds. The lowest BCUT2D eigenvalue weighted by atomic mass is 10.2. The Balaban J connectivity index is 1.62. The molecule has 2 N–H and O–H groups in total. The van der Waals surface area contributed by atoms with Crippen molar-refractivity contribution in [2.24, 2.45) is 4.99 Å². The molecule has 0 fully saturated rings. The average Bonchev–Trinajstić information content (AvgIpc) is 2.93. The average molecular weight is 436 g/mol. The number of fused-ring (bicyclic) bond motifs is 1. The summed E-state index contributed by atoms with van der Waals surface area (Å²) in [6.45, 7) is 2.74. The fourth-order valence-electron chi connectivity index (χ4n) is 2.65. The first kappa shape index (κ1) is 20.8. The van der Waals surface area contributed by atoms with Crippen LogP contribution in [-0.2, 0) is 24.3 Å². The van der Waals surface area contributed by atoms with Gasteiger partial charge in [-0.1, -0.05) is 29.8 Å². The molecule has 1 heterocycles. The minimum atomic E-state index is -3.70. The molecule has 0 aliphatic carbocycles. The number of hydrogen-bond acceptors (Lipinski definition) is 6. The summed E-state index contributed by atoms with van der Waals surface area (Å²) in [4.78, 5) is 28.4. The van der Waals surface area contributed by atoms with Gasteiger partial charge in [-0.15, -0.1) is 0 Å². The van der Waals surface area contributed by atoms with Crippen LogP contribution < -0.4 is 10.0 Å². The zero-order valence-corrected chi connectivity index (χ0v) is 17.2. The van der Waals surface area contributed by atoms with Crippen molar-refractivity contribution < 1.29 is 22.7 Å². The van der Waals surface area contributed by atoms with E-state index in [1.54, 1.807) is 43.3 Å². The van der Waals surface area contributed by atoms with Crippen LogP contribution in [0.25, 0.3) is 0 Å². The molecule has 0 spiro atoms. The van der Waals surface area contributed by atoms with E-state index in [4.69, 9.17) is 16.3 Å². The summed E-state index contributed by atoms with van der Waals surface area (Å²) >= 11 is 5.91. The van der Waals surface area contributed by atoms with Crippen molar-refractivity contribution in [1.82, 2.24) is 4.72 Å². The highest BCUT2D eigenvalue weighted by atomic mass is 35.5. The molecule has 0 saturated carbocycles. The molecule has 2 aromatic rings. The molecule has 1 aliphatic heterocycles. The second kappa shape index (κ2) is 8.22. The third-order valence-electron chi connectivity index (χ3n) is 4.15. The predicted molar refractivity (Wildman–Crippen MR) is 109 cm³/mol. The highest BCUT2D eigenvalue weighted by Crippen LogP contribution is 2.23. The molecule has 1 aliphatic rings. The fraction of sp³-hybridized carbons (Fsp3) is 0.211. The van der Waals surface area contributed by atoms with Gasteiger partial charge in [-0.2, -0.15) is 0 Å². The monoisotopic (exact) mass is 435 g/mol. The smallest absolute Gasteiger partial charge is 0.331 e. The van der Waals surface area contributed by atoms with E-state index in [2.05, 4.69) is 15.0 Å². The summed E-state index contributed by atoms with van der Waals surface area (Å²) in [5.74, 6) is -1.24. The number of ether oxygens (including phenoxy) is 1. The number of sulfonamides is 1. The normalized spacial score (nSPS) is 16.6. The zero-order chi connectivity index (χ0) is 21.2. The van der Waals surface area contributed by atoms with E-state index < -0.39 is 34.5 Å². The third kappa shape index (κ3) is 4.75. The minimum absolute atomic E-state index is 0.0593. The summed E-state index contributed by atoms with van der Waals surface area (Å²) < 4.78 is 31.5. The van der Waals surface area contributed by atoms with Crippen LogP contribution in [-0.4, -0.2) is 38.8 Å². The number of carbonyl (C=O) groups excluding carboxylic acids is 2. The molecule has 3 rings (SSSR count). The number of amides is 1. The number of hydrogen-bond donors (Lipinski definition) is 2. The Morgan fingerprint density at radius 2 is 1.97 bits per heavy atom. The van der Waals surface area contributed by atoms with E-state index in [-0.39, 0.29) is 10.7 Å². The van der Waals surface area contributed by atoms with Crippen LogP contribution in [0.4, 0.5) is 5.69 Å². The van der Waals surface area contributed by atoms with Gasteiger partial charge >= 0.3 is 5.97 Å². The molecule has 0 saturated heterocycles. The van der Waals surface area contributed by atoms with Crippen LogP contribution in [0, 0.1) is 6.92 Å². The van der Waals surface area contributed by atoms with Gasteiger partial charge in [0.2, 0.25) is 0 Å². The van der Waals surface area contributed by atoms with Crippen molar-refractivity contribution in [2.75, 3.05) is 11.9 Å². The van der Waals surface area contributed by atoms with Crippen molar-refractivity contribution in [3.63, 3.8) is 0 Å². The lowest BCUT2D eigenvalue weighted by molar-refractivity contribution is -0.148. The molecule has 0 unspecified atom stereocenters. The van der Waals surface area contributed by atoms with Gasteiger partial charge in [0.25, 0.3) is 15.9 Å². The Morgan fingerprint density at radius 3 is 2.72 bits per heavy atom. The maximum absolute atomic E-state index is 12.2. The van der Waals surface area contributed by atoms with E-state index in [1.807, 2.05) is 0 Å². The van der Waals surface area contributed by atoms with Crippen LogP contribution in [0.2, 0.25) is 5.02 Å². The highest BCUT2D eigenvalue weighted by molar-refractivity contribution is 7.90. The van der Waals surface area contributed by atoms with Gasteiger partial charge in [0.05, 0.1) is 4.90 Å². The number of nitrogens with zero attached hydrogens (tertiary/aromatic N) is 1. The molecule has 2 aromatic carbocycles. The first-order valence-electron chi connectivity index (χ1n) is 8.60. The molecule has 0 aromatic heterocycles. The number of carbonyl (C=O) groups is 2. The van der Waals surface area contributed by atoms with Crippen molar-refractivity contribution in [2.45, 2.75) is 24.8 Å². The van der Waals surface area contributed by atoms with Gasteiger partial charge in [-0.3, -0.25) is 14.5 Å². The van der Waals surface area contributed by atoms with Crippen LogP contribution in [0.5, 0.6) is 0 Å². The lowest BCUT2D eigenvalue weighted by Gasteiger charge is -2.11. The van der Waals surface area contributed by atoms with E-state index in [0.717, 1.165) is 5.56 Å². The Kier molecular flexibility index (Phi) is 5.90. The van der Waals surface area contributed by atoms with Crippen molar-refractivity contribution in [1.29, 1.82) is 0 Å². The fourth-order valence-corrected chi connectivity index (χ4v) is 4.06. The second-order valence-corrected chi connectivity index (χ2v) is 8.46. The van der Waals surface area contributed by atoms with E-state index in [0.29, 0.717) is 16.3 Å². The van der Waals surface area contributed by atoms with Gasteiger partial charge in [0.1, 0.15) is 11.9 Å². The first-order chi connectivity index (χ1) is 13.7. The van der Waals surface area contributed by atoms with Gasteiger partial charge < -0.3 is 10.1 Å². The van der Waals surface area contributed by atoms with Crippen LogP contribution in [0.15, 0.2) is 52.4 Å². The summed E-state index contributed by atoms with van der Waals surface area (Å²) in [6, 6.07) is 10.3. The summed E-state index contributed by atoms with van der Waals surface area (Å²) in [5.41, 5.74) is 1.70. The number of aryl methyl sites for hydroxylation is 1. The van der Waals surface area contributed by atoms with Crippen molar-refractivity contribution >= 4 is 45.0 Å². The maximum Gasteiger partial charge on any atom is 0.331 e. The predicted octanol–water partition coefficient (Wildman–Crippen LogP) is 2.26. The minimum Gasteiger partial charge on any atom is -0.454 e. The van der Waals surface area contributed by atoms with Gasteiger partial charge in [-0.05, 0) is 43.7 Å². The molecule has 8 nitrogen and oxygen atoms in total. The van der Waals surface area contributed by atoms with Gasteiger partial charge in [-0.25, -0.2) is 13.2 Å². The summed E-state index contributed by atoms with van der Waals surface area (Å²) in [6.07, 6.45) is 0. The van der Waals surface area contributed by atoms with E-state index in [9.17, 15) is 18.0 Å². The Labute approximate surface area is 173 Å². The molecular formula is C19H18ClN3O5S. The topological polar surface area (TPSA) is 114 Å². The summed E-state index contributed by atoms with van der Waals surface area (Å²) in [5, 5.41) is 3.08.